The fourth-order valence-corrected chi connectivity index (χ4v) is 4.07. The van der Waals surface area contributed by atoms with E-state index in [9.17, 15) is 4.79 Å². The van der Waals surface area contributed by atoms with Crippen molar-refractivity contribution in [3.8, 4) is 5.75 Å². The number of benzene rings is 2. The number of amides is 1. The number of nitrogens with zero attached hydrogens (tertiary/aromatic N) is 1. The van der Waals surface area contributed by atoms with E-state index < -0.39 is 0 Å². The van der Waals surface area contributed by atoms with Crippen molar-refractivity contribution in [1.29, 1.82) is 0 Å². The van der Waals surface area contributed by atoms with Crippen LogP contribution in [0.5, 0.6) is 5.75 Å². The number of carbonyl (C=O) groups is 1. The Morgan fingerprint density at radius 2 is 2.00 bits per heavy atom. The van der Waals surface area contributed by atoms with Gasteiger partial charge in [0.2, 0.25) is 5.91 Å². The second-order valence-corrected chi connectivity index (χ2v) is 6.98. The lowest BCUT2D eigenvalue weighted by Crippen LogP contribution is -2.28. The lowest BCUT2D eigenvalue weighted by atomic mass is 10.2. The second kappa shape index (κ2) is 7.77. The summed E-state index contributed by atoms with van der Waals surface area (Å²) in [6, 6.07) is 15.4. The Morgan fingerprint density at radius 3 is 2.71 bits per heavy atom. The monoisotopic (exact) mass is 359 g/mol. The van der Waals surface area contributed by atoms with Gasteiger partial charge in [0.15, 0.2) is 0 Å². The molecule has 3 rings (SSSR count). The minimum absolute atomic E-state index is 0.000683. The summed E-state index contributed by atoms with van der Waals surface area (Å²) in [5.74, 6) is 1.75. The SMILES string of the molecule is COc1ccc(C2SCCN2C(=O)/C=C/c2ccccc2Cl)cc1. The first kappa shape index (κ1) is 16.9. The molecule has 5 heteroatoms. The molecule has 1 heterocycles. The average Bonchev–Trinajstić information content (AvgIpc) is 3.10. The van der Waals surface area contributed by atoms with Gasteiger partial charge in [-0.3, -0.25) is 4.79 Å². The lowest BCUT2D eigenvalue weighted by Gasteiger charge is -2.23. The number of methoxy groups -OCH3 is 1. The highest BCUT2D eigenvalue weighted by Gasteiger charge is 2.29. The third kappa shape index (κ3) is 3.77. The molecule has 0 spiro atoms. The first-order valence-corrected chi connectivity index (χ1v) is 9.10. The zero-order chi connectivity index (χ0) is 16.9. The highest BCUT2D eigenvalue weighted by molar-refractivity contribution is 7.99. The molecule has 1 fully saturated rings. The van der Waals surface area contributed by atoms with Gasteiger partial charge in [0, 0.05) is 23.4 Å². The standard InChI is InChI=1S/C19H18ClNO2S/c1-23-16-9-6-15(7-10-16)19-21(12-13-24-19)18(22)11-8-14-4-2-3-5-17(14)20/h2-11,19H,12-13H2,1H3/b11-8+. The maximum absolute atomic E-state index is 12.6. The van der Waals surface area contributed by atoms with Gasteiger partial charge in [-0.05, 0) is 35.4 Å². The van der Waals surface area contributed by atoms with Gasteiger partial charge in [0.05, 0.1) is 7.11 Å². The van der Waals surface area contributed by atoms with Gasteiger partial charge in [0.1, 0.15) is 11.1 Å². The number of ether oxygens (including phenoxy) is 1. The van der Waals surface area contributed by atoms with Crippen LogP contribution in [0.25, 0.3) is 6.08 Å². The molecular weight excluding hydrogens is 342 g/mol. The average molecular weight is 360 g/mol. The van der Waals surface area contributed by atoms with Crippen LogP contribution < -0.4 is 4.74 Å². The molecule has 0 aliphatic carbocycles. The first-order chi connectivity index (χ1) is 11.7. The number of hydrogen-bond acceptors (Lipinski definition) is 3. The molecule has 1 atom stereocenters. The molecule has 0 N–H and O–H groups in total. The van der Waals surface area contributed by atoms with Gasteiger partial charge < -0.3 is 9.64 Å². The van der Waals surface area contributed by atoms with Crippen LogP contribution >= 0.6 is 23.4 Å². The second-order valence-electron chi connectivity index (χ2n) is 5.38. The van der Waals surface area contributed by atoms with Gasteiger partial charge in [-0.25, -0.2) is 0 Å². The summed E-state index contributed by atoms with van der Waals surface area (Å²) in [6.45, 7) is 0.743. The molecule has 0 radical (unpaired) electrons. The van der Waals surface area contributed by atoms with Crippen LogP contribution in [0.2, 0.25) is 5.02 Å². The topological polar surface area (TPSA) is 29.5 Å². The van der Waals surface area contributed by atoms with Crippen molar-refractivity contribution < 1.29 is 9.53 Å². The van der Waals surface area contributed by atoms with Crippen LogP contribution in [0.3, 0.4) is 0 Å². The quantitative estimate of drug-likeness (QED) is 0.745. The zero-order valence-electron chi connectivity index (χ0n) is 13.3. The normalized spacial score (nSPS) is 17.4. The number of halogens is 1. The highest BCUT2D eigenvalue weighted by Crippen LogP contribution is 2.38. The molecule has 2 aromatic carbocycles. The van der Waals surface area contributed by atoms with Crippen molar-refractivity contribution in [2.24, 2.45) is 0 Å². The summed E-state index contributed by atoms with van der Waals surface area (Å²) in [6.07, 6.45) is 3.38. The van der Waals surface area contributed by atoms with Crippen molar-refractivity contribution >= 4 is 35.3 Å². The minimum Gasteiger partial charge on any atom is -0.497 e. The molecule has 1 aliphatic rings. The molecule has 1 aliphatic heterocycles. The smallest absolute Gasteiger partial charge is 0.247 e. The molecular formula is C19H18ClNO2S. The number of hydrogen-bond donors (Lipinski definition) is 0. The van der Waals surface area contributed by atoms with Crippen LogP contribution in [0.15, 0.2) is 54.6 Å². The van der Waals surface area contributed by atoms with Crippen LogP contribution in [0, 0.1) is 0 Å². The van der Waals surface area contributed by atoms with Crippen molar-refractivity contribution in [3.05, 3.63) is 70.8 Å². The van der Waals surface area contributed by atoms with E-state index in [1.807, 2.05) is 53.4 Å². The van der Waals surface area contributed by atoms with Crippen LogP contribution in [0.4, 0.5) is 0 Å². The molecule has 0 saturated carbocycles. The van der Waals surface area contributed by atoms with E-state index in [1.54, 1.807) is 31.0 Å². The minimum atomic E-state index is 0.000683. The predicted octanol–water partition coefficient (Wildman–Crippen LogP) is 4.64. The third-order valence-electron chi connectivity index (χ3n) is 3.89. The largest absolute Gasteiger partial charge is 0.497 e. The molecule has 24 heavy (non-hydrogen) atoms. The Hall–Kier alpha value is -1.91. The molecule has 2 aromatic rings. The molecule has 0 aromatic heterocycles. The maximum atomic E-state index is 12.6. The van der Waals surface area contributed by atoms with E-state index >= 15 is 0 Å². The summed E-state index contributed by atoms with van der Waals surface area (Å²) < 4.78 is 5.19. The zero-order valence-corrected chi connectivity index (χ0v) is 14.9. The van der Waals surface area contributed by atoms with Gasteiger partial charge in [-0.2, -0.15) is 0 Å². The number of rotatable bonds is 4. The molecule has 1 amide bonds. The van der Waals surface area contributed by atoms with Crippen LogP contribution in [0.1, 0.15) is 16.5 Å². The fourth-order valence-electron chi connectivity index (χ4n) is 2.61. The first-order valence-electron chi connectivity index (χ1n) is 7.68. The summed E-state index contributed by atoms with van der Waals surface area (Å²) >= 11 is 7.90. The Morgan fingerprint density at radius 1 is 1.25 bits per heavy atom. The fraction of sp³-hybridized carbons (Fsp3) is 0.211. The van der Waals surface area contributed by atoms with Gasteiger partial charge in [-0.1, -0.05) is 41.9 Å². The molecule has 3 nitrogen and oxygen atoms in total. The van der Waals surface area contributed by atoms with Crippen molar-refractivity contribution in [1.82, 2.24) is 4.90 Å². The predicted molar refractivity (Wildman–Crippen MR) is 100 cm³/mol. The van der Waals surface area contributed by atoms with E-state index in [1.165, 1.54) is 0 Å². The van der Waals surface area contributed by atoms with Crippen molar-refractivity contribution in [2.75, 3.05) is 19.4 Å². The van der Waals surface area contributed by atoms with Gasteiger partial charge in [-0.15, -0.1) is 11.8 Å². The molecule has 1 saturated heterocycles. The van der Waals surface area contributed by atoms with Crippen LogP contribution in [-0.4, -0.2) is 30.2 Å². The number of thioether (sulfide) groups is 1. The highest BCUT2D eigenvalue weighted by atomic mass is 35.5. The van der Waals surface area contributed by atoms with E-state index in [0.29, 0.717) is 5.02 Å². The summed E-state index contributed by atoms with van der Waals surface area (Å²) in [7, 11) is 1.65. The van der Waals surface area contributed by atoms with E-state index in [2.05, 4.69) is 0 Å². The summed E-state index contributed by atoms with van der Waals surface area (Å²) in [5.41, 5.74) is 1.96. The maximum Gasteiger partial charge on any atom is 0.247 e. The summed E-state index contributed by atoms with van der Waals surface area (Å²) in [4.78, 5) is 14.5. The Kier molecular flexibility index (Phi) is 5.48. The van der Waals surface area contributed by atoms with E-state index in [0.717, 1.165) is 29.2 Å². The molecule has 1 unspecified atom stereocenters. The molecule has 124 valence electrons. The molecule has 0 bridgehead atoms. The Labute approximate surface area is 151 Å². The Balaban J connectivity index is 1.74. The van der Waals surface area contributed by atoms with Gasteiger partial charge in [0.25, 0.3) is 0 Å². The van der Waals surface area contributed by atoms with E-state index in [4.69, 9.17) is 16.3 Å². The van der Waals surface area contributed by atoms with Gasteiger partial charge >= 0.3 is 0 Å². The van der Waals surface area contributed by atoms with Crippen LogP contribution in [-0.2, 0) is 4.79 Å². The number of carbonyl (C=O) groups excluding carboxylic acids is 1. The van der Waals surface area contributed by atoms with Crippen molar-refractivity contribution in [2.45, 2.75) is 5.37 Å². The third-order valence-corrected chi connectivity index (χ3v) is 5.49. The Bertz CT molecular complexity index is 745. The lowest BCUT2D eigenvalue weighted by molar-refractivity contribution is -0.126. The summed E-state index contributed by atoms with van der Waals surface area (Å²) in [5, 5.41) is 0.684. The van der Waals surface area contributed by atoms with E-state index in [-0.39, 0.29) is 11.3 Å². The van der Waals surface area contributed by atoms with Crippen molar-refractivity contribution in [3.63, 3.8) is 0 Å².